The van der Waals surface area contributed by atoms with Gasteiger partial charge in [-0.1, -0.05) is 45.0 Å². The Morgan fingerprint density at radius 3 is 2.29 bits per heavy atom. The Labute approximate surface area is 408 Å². The molecule has 68 heavy (non-hydrogen) atoms. The number of thiazole rings is 1. The number of ether oxygens (including phenoxy) is 3. The zero-order chi connectivity index (χ0) is 49.2. The first-order chi connectivity index (χ1) is 32.4. The van der Waals surface area contributed by atoms with Crippen LogP contribution in [0.4, 0.5) is 11.4 Å². The predicted octanol–water partition coefficient (Wildman–Crippen LogP) is 7.00. The van der Waals surface area contributed by atoms with Gasteiger partial charge in [-0.15, -0.1) is 11.3 Å². The molecule has 4 amide bonds. The van der Waals surface area contributed by atoms with Gasteiger partial charge < -0.3 is 39.8 Å². The number of hydrogen-bond acceptors (Lipinski definition) is 12. The number of rotatable bonds is 21. The van der Waals surface area contributed by atoms with Gasteiger partial charge in [0.2, 0.25) is 17.7 Å². The molecule has 3 heterocycles. The standard InChI is InChI=1S/C51H63N7O8S2/c1-33-26-39(17-16-37(33)28-52)57-48(63)51(6,7)58(49(57)67)38-18-20-41(21-19-38)66-25-10-8-9-22-64-23-11-24-65-31-43(60)55-45(50(3,4)5)47(62)56-30-40(59)27-42(56)46(61)53-29-35-12-14-36(15-13-35)44-34(2)54-32-68-44/h12-21,26,32,40,42,45,59H,8-11,22-25,27,29-31H2,1-7H3,(H,53,61)(H,55,60)/t40-,42+,45-/m1/s1. The van der Waals surface area contributed by atoms with Crippen LogP contribution in [-0.2, 0) is 35.2 Å². The summed E-state index contributed by atoms with van der Waals surface area (Å²) >= 11 is 7.38. The van der Waals surface area contributed by atoms with E-state index in [4.69, 9.17) is 26.4 Å². The van der Waals surface area contributed by atoms with Crippen LogP contribution < -0.4 is 25.2 Å². The number of unbranched alkanes of at least 4 members (excludes halogenated alkanes) is 2. The number of aromatic nitrogens is 1. The molecule has 0 bridgehead atoms. The van der Waals surface area contributed by atoms with Gasteiger partial charge in [0.05, 0.1) is 46.1 Å². The maximum atomic E-state index is 13.9. The van der Waals surface area contributed by atoms with E-state index >= 15 is 0 Å². The van der Waals surface area contributed by atoms with Crippen LogP contribution in [0.3, 0.4) is 0 Å². The Balaban J connectivity index is 0.841. The van der Waals surface area contributed by atoms with Crippen molar-refractivity contribution in [3.05, 3.63) is 94.6 Å². The number of likely N-dealkylation sites (tertiary alicyclic amines) is 1. The summed E-state index contributed by atoms with van der Waals surface area (Å²) in [5, 5.41) is 26.0. The van der Waals surface area contributed by atoms with Crippen LogP contribution in [0.2, 0.25) is 0 Å². The molecule has 2 fully saturated rings. The van der Waals surface area contributed by atoms with Crippen molar-refractivity contribution in [2.24, 2.45) is 5.41 Å². The lowest BCUT2D eigenvalue weighted by molar-refractivity contribution is -0.144. The van der Waals surface area contributed by atoms with E-state index in [1.807, 2.05) is 107 Å². The van der Waals surface area contributed by atoms with Crippen LogP contribution in [-0.4, -0.2) is 107 Å². The van der Waals surface area contributed by atoms with Crippen molar-refractivity contribution in [2.75, 3.05) is 49.4 Å². The summed E-state index contributed by atoms with van der Waals surface area (Å²) < 4.78 is 17.4. The van der Waals surface area contributed by atoms with Gasteiger partial charge in [-0.05, 0) is 130 Å². The molecule has 2 aliphatic heterocycles. The maximum Gasteiger partial charge on any atom is 0.259 e. The number of benzene rings is 3. The summed E-state index contributed by atoms with van der Waals surface area (Å²) in [5.74, 6) is -0.686. The fourth-order valence-corrected chi connectivity index (χ4v) is 9.58. The third-order valence-corrected chi connectivity index (χ3v) is 13.4. The lowest BCUT2D eigenvalue weighted by Gasteiger charge is -2.35. The molecule has 15 nitrogen and oxygen atoms in total. The topological polar surface area (TPSA) is 187 Å². The van der Waals surface area contributed by atoms with Crippen LogP contribution in [0.25, 0.3) is 10.4 Å². The molecule has 4 aromatic rings. The van der Waals surface area contributed by atoms with Crippen molar-refractivity contribution in [3.8, 4) is 22.3 Å². The number of thiocarbonyl (C=S) groups is 1. The minimum Gasteiger partial charge on any atom is -0.494 e. The molecule has 0 saturated carbocycles. The molecule has 1 aromatic heterocycles. The highest BCUT2D eigenvalue weighted by molar-refractivity contribution is 7.81. The maximum absolute atomic E-state index is 13.9. The van der Waals surface area contributed by atoms with E-state index in [0.717, 1.165) is 52.2 Å². The first kappa shape index (κ1) is 51.6. The van der Waals surface area contributed by atoms with Crippen LogP contribution in [0.15, 0.2) is 72.2 Å². The number of carbonyl (C=O) groups excluding carboxylic acids is 4. The Morgan fingerprint density at radius 2 is 1.63 bits per heavy atom. The highest BCUT2D eigenvalue weighted by Crippen LogP contribution is 2.37. The fraction of sp³-hybridized carbons (Fsp3) is 0.471. The quantitative estimate of drug-likeness (QED) is 0.0575. The monoisotopic (exact) mass is 965 g/mol. The summed E-state index contributed by atoms with van der Waals surface area (Å²) in [6.45, 7) is 14.9. The Kier molecular flexibility index (Phi) is 17.5. The summed E-state index contributed by atoms with van der Waals surface area (Å²) in [6, 6.07) is 21.0. The number of nitrogens with zero attached hydrogens (tertiary/aromatic N) is 5. The zero-order valence-corrected chi connectivity index (χ0v) is 41.6. The van der Waals surface area contributed by atoms with Gasteiger partial charge in [0.1, 0.15) is 30.0 Å². The molecule has 3 aromatic carbocycles. The SMILES string of the molecule is Cc1cc(N2C(=O)C(C)(C)N(c3ccc(OCCCCCOCCCOCC(=O)N[C@H](C(=O)N4C[C@H](O)C[C@H]4C(=O)NCc4ccc(-c5scnc5C)cc4)C(C)(C)C)cc3)C2=S)ccc1C#N. The minimum atomic E-state index is -0.949. The molecule has 2 saturated heterocycles. The molecule has 2 aliphatic rings. The molecule has 3 N–H and O–H groups in total. The average Bonchev–Trinajstić information content (AvgIpc) is 3.97. The van der Waals surface area contributed by atoms with Crippen molar-refractivity contribution in [2.45, 2.75) is 111 Å². The first-order valence-electron chi connectivity index (χ1n) is 23.0. The smallest absolute Gasteiger partial charge is 0.259 e. The van der Waals surface area contributed by atoms with Crippen molar-refractivity contribution >= 4 is 63.7 Å². The van der Waals surface area contributed by atoms with Gasteiger partial charge in [0, 0.05) is 45.0 Å². The number of hydrogen-bond donors (Lipinski definition) is 3. The summed E-state index contributed by atoms with van der Waals surface area (Å²) in [4.78, 5) is 64.1. The van der Waals surface area contributed by atoms with Gasteiger partial charge >= 0.3 is 0 Å². The van der Waals surface area contributed by atoms with E-state index in [1.54, 1.807) is 29.5 Å². The molecule has 0 radical (unpaired) electrons. The Hall–Kier alpha value is -5.77. The average molecular weight is 966 g/mol. The van der Waals surface area contributed by atoms with Crippen LogP contribution in [0, 0.1) is 30.6 Å². The molecule has 17 heteroatoms. The largest absolute Gasteiger partial charge is 0.494 e. The molecule has 362 valence electrons. The van der Waals surface area contributed by atoms with Crippen molar-refractivity contribution in [3.63, 3.8) is 0 Å². The van der Waals surface area contributed by atoms with E-state index in [1.165, 1.54) is 9.80 Å². The second-order valence-electron chi connectivity index (χ2n) is 18.8. The second kappa shape index (κ2) is 23.0. The van der Waals surface area contributed by atoms with Crippen molar-refractivity contribution < 1.29 is 38.5 Å². The highest BCUT2D eigenvalue weighted by atomic mass is 32.1. The third kappa shape index (κ3) is 12.7. The van der Waals surface area contributed by atoms with Crippen LogP contribution in [0.5, 0.6) is 5.75 Å². The normalized spacial score (nSPS) is 17.3. The summed E-state index contributed by atoms with van der Waals surface area (Å²) in [6.07, 6.45) is 2.44. The number of aryl methyl sites for hydroxylation is 2. The number of anilines is 2. The number of nitrogens with one attached hydrogen (secondary N) is 2. The van der Waals surface area contributed by atoms with Gasteiger partial charge in [0.25, 0.3) is 5.91 Å². The molecule has 0 aliphatic carbocycles. The molecular weight excluding hydrogens is 903 g/mol. The van der Waals surface area contributed by atoms with E-state index < -0.39 is 41.0 Å². The van der Waals surface area contributed by atoms with Gasteiger partial charge in [-0.2, -0.15) is 5.26 Å². The number of aliphatic hydroxyl groups excluding tert-OH is 1. The van der Waals surface area contributed by atoms with Gasteiger partial charge in [-0.25, -0.2) is 4.98 Å². The number of carbonyl (C=O) groups is 4. The lowest BCUT2D eigenvalue weighted by atomic mass is 9.85. The number of amides is 4. The lowest BCUT2D eigenvalue weighted by Crippen LogP contribution is -2.58. The first-order valence-corrected chi connectivity index (χ1v) is 24.3. The Bertz CT molecular complexity index is 2460. The van der Waals surface area contributed by atoms with E-state index in [2.05, 4.69) is 21.7 Å². The summed E-state index contributed by atoms with van der Waals surface area (Å²) in [5.41, 5.74) is 5.84. The van der Waals surface area contributed by atoms with Gasteiger partial charge in [-0.3, -0.25) is 24.1 Å². The highest BCUT2D eigenvalue weighted by Gasteiger charge is 2.50. The Morgan fingerprint density at radius 1 is 0.956 bits per heavy atom. The van der Waals surface area contributed by atoms with E-state index in [9.17, 15) is 29.5 Å². The number of β-amino-alcohol motifs (C(OH)–C–C–N with tert-alkyl or cyclic N) is 1. The second-order valence-corrected chi connectivity index (χ2v) is 20.0. The van der Waals surface area contributed by atoms with E-state index in [-0.39, 0.29) is 37.9 Å². The van der Waals surface area contributed by atoms with Crippen LogP contribution >= 0.6 is 23.6 Å². The fourth-order valence-electron chi connectivity index (χ4n) is 8.25. The molecule has 6 rings (SSSR count). The van der Waals surface area contributed by atoms with Crippen molar-refractivity contribution in [1.29, 1.82) is 5.26 Å². The summed E-state index contributed by atoms with van der Waals surface area (Å²) in [7, 11) is 0. The van der Waals surface area contributed by atoms with Crippen molar-refractivity contribution in [1.82, 2.24) is 20.5 Å². The zero-order valence-electron chi connectivity index (χ0n) is 40.0. The molecule has 0 spiro atoms. The van der Waals surface area contributed by atoms with E-state index in [0.29, 0.717) is 55.0 Å². The number of nitriles is 1. The molecule has 0 unspecified atom stereocenters. The number of aliphatic hydroxyl groups is 1. The third-order valence-electron chi connectivity index (χ3n) is 12.1. The molecule has 3 atom stereocenters. The minimum absolute atomic E-state index is 0.00932. The van der Waals surface area contributed by atoms with Crippen LogP contribution in [0.1, 0.15) is 89.1 Å². The predicted molar refractivity (Wildman–Crippen MR) is 266 cm³/mol. The molecular formula is C51H63N7O8S2. The van der Waals surface area contributed by atoms with Gasteiger partial charge in [0.15, 0.2) is 5.11 Å².